The van der Waals surface area contributed by atoms with Crippen molar-refractivity contribution in [2.75, 3.05) is 29.5 Å². The first-order chi connectivity index (χ1) is 7.70. The maximum absolute atomic E-state index is 11.3. The third-order valence-electron chi connectivity index (χ3n) is 2.72. The number of alkyl halides is 1. The highest BCUT2D eigenvalue weighted by Gasteiger charge is 2.15. The second-order valence-electron chi connectivity index (χ2n) is 3.74. The van der Waals surface area contributed by atoms with Crippen LogP contribution in [0.5, 0.6) is 0 Å². The minimum Gasteiger partial charge on any atom is -0.370 e. The molecule has 1 aromatic carbocycles. The summed E-state index contributed by atoms with van der Waals surface area (Å²) in [4.78, 5) is 2.27. The van der Waals surface area contributed by atoms with E-state index in [1.165, 1.54) is 5.69 Å². The molecule has 2 nitrogen and oxygen atoms in total. The van der Waals surface area contributed by atoms with Crippen molar-refractivity contribution in [3.8, 4) is 0 Å². The Kier molecular flexibility index (Phi) is 4.27. The van der Waals surface area contributed by atoms with Gasteiger partial charge in [0.25, 0.3) is 0 Å². The van der Waals surface area contributed by atoms with Crippen molar-refractivity contribution in [3.05, 3.63) is 28.2 Å². The Hall–Kier alpha value is -0.0600. The van der Waals surface area contributed by atoms with Gasteiger partial charge in [0.05, 0.1) is 0 Å². The van der Waals surface area contributed by atoms with Crippen molar-refractivity contribution < 1.29 is 4.21 Å². The number of anilines is 1. The third kappa shape index (κ3) is 2.79. The lowest BCUT2D eigenvalue weighted by molar-refractivity contribution is 0.673. The van der Waals surface area contributed by atoms with E-state index in [4.69, 9.17) is 11.6 Å². The van der Waals surface area contributed by atoms with Crippen LogP contribution in [0.1, 0.15) is 5.56 Å². The summed E-state index contributed by atoms with van der Waals surface area (Å²) in [7, 11) is -0.621. The average molecular weight is 323 g/mol. The summed E-state index contributed by atoms with van der Waals surface area (Å²) in [5.74, 6) is 2.06. The van der Waals surface area contributed by atoms with Crippen molar-refractivity contribution in [3.63, 3.8) is 0 Å². The summed E-state index contributed by atoms with van der Waals surface area (Å²) in [5.41, 5.74) is 2.28. The summed E-state index contributed by atoms with van der Waals surface area (Å²) in [5, 5.41) is 0. The first-order valence-electron chi connectivity index (χ1n) is 5.15. The molecule has 0 atom stereocenters. The van der Waals surface area contributed by atoms with Crippen LogP contribution >= 0.6 is 27.5 Å². The molecule has 0 aromatic heterocycles. The highest BCUT2D eigenvalue weighted by Crippen LogP contribution is 2.26. The molecule has 1 aromatic rings. The Labute approximate surface area is 112 Å². The lowest BCUT2D eigenvalue weighted by atomic mass is 10.2. The van der Waals surface area contributed by atoms with E-state index in [2.05, 4.69) is 33.0 Å². The second kappa shape index (κ2) is 5.52. The minimum atomic E-state index is -0.621. The number of halogens is 2. The van der Waals surface area contributed by atoms with Gasteiger partial charge in [0, 0.05) is 51.4 Å². The SMILES string of the molecule is O=S1CCN(c2ccc(CCl)c(Br)c2)CC1. The quantitative estimate of drug-likeness (QED) is 0.780. The van der Waals surface area contributed by atoms with Crippen molar-refractivity contribution in [2.24, 2.45) is 0 Å². The first kappa shape index (κ1) is 12.4. The lowest BCUT2D eigenvalue weighted by Gasteiger charge is -2.28. The molecule has 16 heavy (non-hydrogen) atoms. The van der Waals surface area contributed by atoms with Gasteiger partial charge in [0.2, 0.25) is 0 Å². The number of benzene rings is 1. The molecule has 1 aliphatic rings. The molecule has 0 radical (unpaired) electrons. The van der Waals surface area contributed by atoms with Gasteiger partial charge in [-0.25, -0.2) is 0 Å². The zero-order valence-corrected chi connectivity index (χ0v) is 11.9. The fraction of sp³-hybridized carbons (Fsp3) is 0.455. The van der Waals surface area contributed by atoms with Crippen molar-refractivity contribution in [2.45, 2.75) is 5.88 Å². The van der Waals surface area contributed by atoms with Gasteiger partial charge in [-0.15, -0.1) is 11.6 Å². The fourth-order valence-electron chi connectivity index (χ4n) is 1.74. The normalized spacial score (nSPS) is 17.8. The van der Waals surface area contributed by atoms with E-state index in [1.807, 2.05) is 6.07 Å². The predicted octanol–water partition coefficient (Wildman–Crippen LogP) is 2.76. The summed E-state index contributed by atoms with van der Waals surface area (Å²) < 4.78 is 12.3. The van der Waals surface area contributed by atoms with Gasteiger partial charge < -0.3 is 4.90 Å². The van der Waals surface area contributed by atoms with E-state index >= 15 is 0 Å². The largest absolute Gasteiger partial charge is 0.370 e. The third-order valence-corrected chi connectivity index (χ3v) is 5.03. The topological polar surface area (TPSA) is 20.3 Å². The van der Waals surface area contributed by atoms with Gasteiger partial charge in [0.1, 0.15) is 0 Å². The van der Waals surface area contributed by atoms with Crippen molar-refractivity contribution in [1.29, 1.82) is 0 Å². The van der Waals surface area contributed by atoms with Crippen LogP contribution in [0, 0.1) is 0 Å². The van der Waals surface area contributed by atoms with E-state index in [0.29, 0.717) is 5.88 Å². The van der Waals surface area contributed by atoms with Crippen LogP contribution in [0.25, 0.3) is 0 Å². The molecule has 1 saturated heterocycles. The molecule has 1 aliphatic heterocycles. The zero-order valence-electron chi connectivity index (χ0n) is 8.79. The summed E-state index contributed by atoms with van der Waals surface area (Å²) in [6.45, 7) is 1.75. The summed E-state index contributed by atoms with van der Waals surface area (Å²) >= 11 is 9.32. The zero-order chi connectivity index (χ0) is 11.5. The van der Waals surface area contributed by atoms with Crippen LogP contribution in [0.3, 0.4) is 0 Å². The van der Waals surface area contributed by atoms with E-state index in [0.717, 1.165) is 34.6 Å². The predicted molar refractivity (Wildman–Crippen MR) is 73.8 cm³/mol. The fourth-order valence-corrected chi connectivity index (χ4v) is 3.69. The van der Waals surface area contributed by atoms with Gasteiger partial charge in [-0.2, -0.15) is 0 Å². The molecule has 0 unspecified atom stereocenters. The highest BCUT2D eigenvalue weighted by molar-refractivity contribution is 9.10. The Balaban J connectivity index is 2.15. The summed E-state index contributed by atoms with van der Waals surface area (Å²) in [6, 6.07) is 6.21. The Morgan fingerprint density at radius 3 is 2.62 bits per heavy atom. The Bertz CT molecular complexity index is 403. The van der Waals surface area contributed by atoms with Crippen LogP contribution < -0.4 is 4.90 Å². The summed E-state index contributed by atoms with van der Waals surface area (Å²) in [6.07, 6.45) is 0. The van der Waals surface area contributed by atoms with Gasteiger partial charge in [-0.3, -0.25) is 4.21 Å². The van der Waals surface area contributed by atoms with Crippen molar-refractivity contribution >= 4 is 44.0 Å². The number of hydrogen-bond acceptors (Lipinski definition) is 2. The average Bonchev–Trinajstić information content (AvgIpc) is 2.30. The van der Waals surface area contributed by atoms with Crippen LogP contribution in [0.4, 0.5) is 5.69 Å². The number of hydrogen-bond donors (Lipinski definition) is 0. The smallest absolute Gasteiger partial charge is 0.0485 e. The number of nitrogens with zero attached hydrogens (tertiary/aromatic N) is 1. The molecule has 0 spiro atoms. The minimum absolute atomic E-state index is 0.519. The van der Waals surface area contributed by atoms with Crippen LogP contribution in [0.15, 0.2) is 22.7 Å². The molecule has 1 fully saturated rings. The first-order valence-corrected chi connectivity index (χ1v) is 7.96. The van der Waals surface area contributed by atoms with Crippen LogP contribution in [-0.2, 0) is 16.7 Å². The molecule has 0 aliphatic carbocycles. The molecule has 0 N–H and O–H groups in total. The van der Waals surface area contributed by atoms with Gasteiger partial charge in [0.15, 0.2) is 0 Å². The Morgan fingerprint density at radius 1 is 1.38 bits per heavy atom. The monoisotopic (exact) mass is 321 g/mol. The maximum atomic E-state index is 11.3. The van der Waals surface area contributed by atoms with E-state index in [9.17, 15) is 4.21 Å². The van der Waals surface area contributed by atoms with Crippen molar-refractivity contribution in [1.82, 2.24) is 0 Å². The molecule has 88 valence electrons. The van der Waals surface area contributed by atoms with Crippen LogP contribution in [-0.4, -0.2) is 28.8 Å². The van der Waals surface area contributed by atoms with Gasteiger partial charge >= 0.3 is 0 Å². The van der Waals surface area contributed by atoms with Gasteiger partial charge in [-0.1, -0.05) is 22.0 Å². The van der Waals surface area contributed by atoms with E-state index in [1.54, 1.807) is 0 Å². The second-order valence-corrected chi connectivity index (χ2v) is 6.56. The van der Waals surface area contributed by atoms with Gasteiger partial charge in [-0.05, 0) is 17.7 Å². The molecule has 1 heterocycles. The molecule has 0 saturated carbocycles. The lowest BCUT2D eigenvalue weighted by Crippen LogP contribution is -2.37. The maximum Gasteiger partial charge on any atom is 0.0485 e. The molecule has 5 heteroatoms. The number of rotatable bonds is 2. The van der Waals surface area contributed by atoms with E-state index < -0.39 is 10.8 Å². The molecular formula is C11H13BrClNOS. The standard InChI is InChI=1S/C11H13BrClNOS/c12-11-7-10(2-1-9(11)8-13)14-3-5-16(15)6-4-14/h1-2,7H,3-6,8H2. The van der Waals surface area contributed by atoms with Crippen LogP contribution in [0.2, 0.25) is 0 Å². The molecule has 0 bridgehead atoms. The Morgan fingerprint density at radius 2 is 2.06 bits per heavy atom. The molecule has 2 rings (SSSR count). The molecule has 0 amide bonds. The highest BCUT2D eigenvalue weighted by atomic mass is 79.9. The van der Waals surface area contributed by atoms with E-state index in [-0.39, 0.29) is 0 Å². The molecular weight excluding hydrogens is 310 g/mol.